The maximum atomic E-state index is 12.9. The fourth-order valence-corrected chi connectivity index (χ4v) is 6.68. The largest absolute Gasteiger partial charge is 0.461 e. The number of quaternary nitrogens is 2. The molecular weight excluding hydrogens is 376 g/mol. The minimum absolute atomic E-state index is 0.0628. The van der Waals surface area contributed by atoms with Gasteiger partial charge in [0, 0.05) is 17.8 Å². The highest BCUT2D eigenvalue weighted by molar-refractivity contribution is 5.76. The first-order valence-electron chi connectivity index (χ1n) is 11.8. The maximum absolute atomic E-state index is 12.9. The minimum Gasteiger partial charge on any atom is -0.461 e. The SMILES string of the molecule is C[C@@H]1CCC=C2C[C@H]3OC(=O)[C@H](C[NH+]4CC[NH+](c5ccccc5)CC4)[C@H]3[C@@H](O)[C@@]21C. The third kappa shape index (κ3) is 3.22. The second kappa shape index (κ2) is 7.77. The molecule has 0 unspecified atom stereocenters. The van der Waals surface area contributed by atoms with Gasteiger partial charge in [0.15, 0.2) is 0 Å². The average Bonchev–Trinajstić information content (AvgIpc) is 3.07. The average molecular weight is 413 g/mol. The molecule has 0 bridgehead atoms. The summed E-state index contributed by atoms with van der Waals surface area (Å²) in [5.74, 6) is 0.123. The quantitative estimate of drug-likeness (QED) is 0.497. The Hall–Kier alpha value is -1.69. The van der Waals surface area contributed by atoms with E-state index in [4.69, 9.17) is 4.74 Å². The summed E-state index contributed by atoms with van der Waals surface area (Å²) in [6, 6.07) is 10.7. The molecule has 2 aliphatic carbocycles. The molecule has 5 heteroatoms. The van der Waals surface area contributed by atoms with Crippen LogP contribution in [-0.2, 0) is 9.53 Å². The van der Waals surface area contributed by atoms with Crippen LogP contribution in [0.1, 0.15) is 33.1 Å². The first-order valence-corrected chi connectivity index (χ1v) is 11.8. The molecule has 162 valence electrons. The highest BCUT2D eigenvalue weighted by Crippen LogP contribution is 2.55. The molecule has 1 aromatic rings. The molecule has 2 saturated heterocycles. The zero-order valence-electron chi connectivity index (χ0n) is 18.3. The van der Waals surface area contributed by atoms with Crippen molar-refractivity contribution in [1.82, 2.24) is 0 Å². The molecule has 5 nitrogen and oxygen atoms in total. The number of fused-ring (bicyclic) bond motifs is 2. The lowest BCUT2D eigenvalue weighted by Gasteiger charge is -2.51. The minimum atomic E-state index is -0.495. The maximum Gasteiger partial charge on any atom is 0.315 e. The van der Waals surface area contributed by atoms with Crippen LogP contribution in [-0.4, -0.2) is 56.0 Å². The number of hydrogen-bond acceptors (Lipinski definition) is 3. The second-order valence-electron chi connectivity index (χ2n) is 10.2. The molecule has 6 atom stereocenters. The van der Waals surface area contributed by atoms with Gasteiger partial charge in [-0.1, -0.05) is 43.7 Å². The number of nitrogens with one attached hydrogen (secondary N) is 2. The zero-order valence-corrected chi connectivity index (χ0v) is 18.3. The molecule has 2 heterocycles. The van der Waals surface area contributed by atoms with Crippen LogP contribution in [0.4, 0.5) is 5.69 Å². The number of rotatable bonds is 3. The molecular formula is C25H36N2O3+2. The summed E-state index contributed by atoms with van der Waals surface area (Å²) in [4.78, 5) is 15.9. The van der Waals surface area contributed by atoms with Crippen LogP contribution in [0.2, 0.25) is 0 Å². The predicted molar refractivity (Wildman–Crippen MR) is 114 cm³/mol. The van der Waals surface area contributed by atoms with Gasteiger partial charge in [0.25, 0.3) is 0 Å². The van der Waals surface area contributed by atoms with Crippen LogP contribution in [0.5, 0.6) is 0 Å². The molecule has 0 spiro atoms. The number of piperazine rings is 1. The lowest BCUT2D eigenvalue weighted by Crippen LogP contribution is -3.26. The Kier molecular flexibility index (Phi) is 5.24. The normalized spacial score (nSPS) is 43.4. The Morgan fingerprint density at radius 3 is 2.63 bits per heavy atom. The number of aliphatic hydroxyl groups excluding tert-OH is 1. The van der Waals surface area contributed by atoms with Gasteiger partial charge in [-0.05, 0) is 30.9 Å². The van der Waals surface area contributed by atoms with Gasteiger partial charge in [-0.2, -0.15) is 0 Å². The van der Waals surface area contributed by atoms with Crippen molar-refractivity contribution in [3.63, 3.8) is 0 Å². The Morgan fingerprint density at radius 1 is 1.17 bits per heavy atom. The predicted octanol–water partition coefficient (Wildman–Crippen LogP) is 0.387. The Morgan fingerprint density at radius 2 is 1.90 bits per heavy atom. The van der Waals surface area contributed by atoms with Gasteiger partial charge < -0.3 is 14.7 Å². The van der Waals surface area contributed by atoms with E-state index < -0.39 is 6.10 Å². The van der Waals surface area contributed by atoms with E-state index in [1.54, 1.807) is 0 Å². The second-order valence-corrected chi connectivity index (χ2v) is 10.2. The fourth-order valence-electron chi connectivity index (χ4n) is 6.68. The summed E-state index contributed by atoms with van der Waals surface area (Å²) in [6.45, 7) is 9.56. The number of para-hydroxylation sites is 1. The van der Waals surface area contributed by atoms with Gasteiger partial charge in [-0.3, -0.25) is 9.69 Å². The van der Waals surface area contributed by atoms with Crippen LogP contribution >= 0.6 is 0 Å². The smallest absolute Gasteiger partial charge is 0.315 e. The molecule has 3 fully saturated rings. The number of esters is 1. The van der Waals surface area contributed by atoms with Crippen molar-refractivity contribution in [3.8, 4) is 0 Å². The highest BCUT2D eigenvalue weighted by atomic mass is 16.6. The zero-order chi connectivity index (χ0) is 20.9. The van der Waals surface area contributed by atoms with Crippen LogP contribution in [0.25, 0.3) is 0 Å². The number of hydrogen-bond donors (Lipinski definition) is 3. The van der Waals surface area contributed by atoms with Gasteiger partial charge in [0.05, 0.1) is 12.6 Å². The summed E-state index contributed by atoms with van der Waals surface area (Å²) >= 11 is 0. The third-order valence-electron chi connectivity index (χ3n) is 8.82. The van der Waals surface area contributed by atoms with Crippen molar-refractivity contribution in [3.05, 3.63) is 42.0 Å². The van der Waals surface area contributed by atoms with Crippen molar-refractivity contribution in [2.75, 3.05) is 32.7 Å². The van der Waals surface area contributed by atoms with Gasteiger partial charge in [-0.15, -0.1) is 0 Å². The van der Waals surface area contributed by atoms with E-state index in [1.165, 1.54) is 21.1 Å². The first kappa shape index (κ1) is 20.2. The molecule has 0 radical (unpaired) electrons. The Balaban J connectivity index is 1.28. The summed E-state index contributed by atoms with van der Waals surface area (Å²) in [5, 5.41) is 11.5. The Labute approximate surface area is 179 Å². The molecule has 1 saturated carbocycles. The first-order chi connectivity index (χ1) is 14.5. The van der Waals surface area contributed by atoms with Crippen molar-refractivity contribution >= 4 is 11.7 Å². The fraction of sp³-hybridized carbons (Fsp3) is 0.640. The van der Waals surface area contributed by atoms with Crippen LogP contribution in [0, 0.1) is 23.2 Å². The molecule has 30 heavy (non-hydrogen) atoms. The lowest BCUT2D eigenvalue weighted by atomic mass is 9.55. The molecule has 1 aromatic carbocycles. The van der Waals surface area contributed by atoms with Crippen molar-refractivity contribution in [1.29, 1.82) is 0 Å². The monoisotopic (exact) mass is 412 g/mol. The topological polar surface area (TPSA) is 55.4 Å². The Bertz CT molecular complexity index is 817. The third-order valence-corrected chi connectivity index (χ3v) is 8.82. The molecule has 2 aliphatic heterocycles. The van der Waals surface area contributed by atoms with E-state index in [-0.39, 0.29) is 29.3 Å². The van der Waals surface area contributed by atoms with Crippen LogP contribution in [0.15, 0.2) is 42.0 Å². The lowest BCUT2D eigenvalue weighted by molar-refractivity contribution is -0.987. The van der Waals surface area contributed by atoms with E-state index in [0.717, 1.165) is 52.0 Å². The summed E-state index contributed by atoms with van der Waals surface area (Å²) in [6.07, 6.45) is 4.67. The molecule has 3 N–H and O–H groups in total. The number of benzene rings is 1. The van der Waals surface area contributed by atoms with Gasteiger partial charge in [-0.25, -0.2) is 0 Å². The summed E-state index contributed by atoms with van der Waals surface area (Å²) in [7, 11) is 0. The summed E-state index contributed by atoms with van der Waals surface area (Å²) in [5.41, 5.74) is 2.46. The van der Waals surface area contributed by atoms with Gasteiger partial charge >= 0.3 is 5.97 Å². The van der Waals surface area contributed by atoms with Crippen molar-refractivity contribution in [2.45, 2.75) is 45.3 Å². The molecule has 4 aliphatic rings. The number of allylic oxidation sites excluding steroid dienone is 1. The highest BCUT2D eigenvalue weighted by Gasteiger charge is 2.60. The van der Waals surface area contributed by atoms with E-state index >= 15 is 0 Å². The standard InChI is InChI=1S/C25H34N2O3/c1-17-7-6-8-18-15-21-22(23(28)25(17,18)2)20(24(29)30-21)16-26-11-13-27(14-12-26)19-9-4-3-5-10-19/h3-5,8-10,17,20-23,28H,6-7,11-16H2,1-2H3/p+2/t17-,20-,21-,22-,23-,25-/m1/s1. The van der Waals surface area contributed by atoms with E-state index in [2.05, 4.69) is 50.3 Å². The van der Waals surface area contributed by atoms with Crippen LogP contribution in [0.3, 0.4) is 0 Å². The van der Waals surface area contributed by atoms with Crippen LogP contribution < -0.4 is 9.80 Å². The molecule has 0 aromatic heterocycles. The molecule has 0 amide bonds. The van der Waals surface area contributed by atoms with Gasteiger partial charge in [0.2, 0.25) is 0 Å². The van der Waals surface area contributed by atoms with E-state index in [9.17, 15) is 9.90 Å². The van der Waals surface area contributed by atoms with E-state index in [0.29, 0.717) is 5.92 Å². The molecule has 5 rings (SSSR count). The van der Waals surface area contributed by atoms with E-state index in [1.807, 2.05) is 0 Å². The van der Waals surface area contributed by atoms with Gasteiger partial charge in [0.1, 0.15) is 43.9 Å². The van der Waals surface area contributed by atoms with Crippen molar-refractivity contribution in [2.24, 2.45) is 23.2 Å². The number of carbonyl (C=O) groups excluding carboxylic acids is 1. The van der Waals surface area contributed by atoms with Crippen molar-refractivity contribution < 1.29 is 24.4 Å². The number of carbonyl (C=O) groups is 1. The number of ether oxygens (including phenoxy) is 1. The number of aliphatic hydroxyl groups is 1. The summed E-state index contributed by atoms with van der Waals surface area (Å²) < 4.78 is 5.85.